The number of thiophene rings is 1. The molecule has 2 aromatic rings. The van der Waals surface area contributed by atoms with Gasteiger partial charge in [-0.2, -0.15) is 0 Å². The van der Waals surface area contributed by atoms with E-state index >= 15 is 0 Å². The van der Waals surface area contributed by atoms with E-state index in [-0.39, 0.29) is 0 Å². The van der Waals surface area contributed by atoms with Crippen LogP contribution in [0.2, 0.25) is 0 Å². The molecule has 14 heavy (non-hydrogen) atoms. The summed E-state index contributed by atoms with van der Waals surface area (Å²) in [4.78, 5) is 2.47. The molecule has 4 heteroatoms. The molecule has 2 heterocycles. The lowest BCUT2D eigenvalue weighted by atomic mass is 10.3. The van der Waals surface area contributed by atoms with Crippen LogP contribution in [0, 0.1) is 0 Å². The van der Waals surface area contributed by atoms with Crippen LogP contribution < -0.4 is 5.73 Å². The maximum Gasteiger partial charge on any atom is 0.179 e. The van der Waals surface area contributed by atoms with Crippen molar-refractivity contribution in [1.82, 2.24) is 5.16 Å². The van der Waals surface area contributed by atoms with Gasteiger partial charge in [0.1, 0.15) is 0 Å². The first-order valence-electron chi connectivity index (χ1n) is 4.61. The highest BCUT2D eigenvalue weighted by Crippen LogP contribution is 2.29. The van der Waals surface area contributed by atoms with Crippen molar-refractivity contribution in [1.29, 1.82) is 0 Å². The SMILES string of the molecule is CCCc1ccc(-c2cc(N)no2)s1. The van der Waals surface area contributed by atoms with Crippen LogP contribution in [0.4, 0.5) is 5.82 Å². The minimum absolute atomic E-state index is 0.436. The number of aromatic nitrogens is 1. The van der Waals surface area contributed by atoms with E-state index in [9.17, 15) is 0 Å². The molecule has 0 saturated heterocycles. The Morgan fingerprint density at radius 1 is 1.50 bits per heavy atom. The standard InChI is InChI=1S/C10H12N2OS/c1-2-3-7-4-5-9(14-7)8-6-10(11)12-13-8/h4-6H,2-3H2,1H3,(H2,11,12). The van der Waals surface area contributed by atoms with Gasteiger partial charge in [0, 0.05) is 10.9 Å². The summed E-state index contributed by atoms with van der Waals surface area (Å²) in [6.07, 6.45) is 2.28. The summed E-state index contributed by atoms with van der Waals surface area (Å²) in [6, 6.07) is 5.93. The van der Waals surface area contributed by atoms with Crippen molar-refractivity contribution >= 4 is 17.2 Å². The fourth-order valence-electron chi connectivity index (χ4n) is 1.30. The van der Waals surface area contributed by atoms with Crippen molar-refractivity contribution in [3.63, 3.8) is 0 Å². The first kappa shape index (κ1) is 9.27. The molecule has 0 radical (unpaired) electrons. The predicted octanol–water partition coefficient (Wildman–Crippen LogP) is 2.94. The molecule has 0 unspecified atom stereocenters. The third kappa shape index (κ3) is 1.80. The Morgan fingerprint density at radius 2 is 2.36 bits per heavy atom. The second-order valence-electron chi connectivity index (χ2n) is 3.13. The lowest BCUT2D eigenvalue weighted by molar-refractivity contribution is 0.436. The van der Waals surface area contributed by atoms with Crippen LogP contribution in [-0.2, 0) is 6.42 Å². The highest BCUT2D eigenvalue weighted by Gasteiger charge is 2.07. The predicted molar refractivity (Wildman–Crippen MR) is 58.2 cm³/mol. The minimum Gasteiger partial charge on any atom is -0.381 e. The van der Waals surface area contributed by atoms with Crippen molar-refractivity contribution in [2.45, 2.75) is 19.8 Å². The second kappa shape index (κ2) is 3.84. The van der Waals surface area contributed by atoms with Gasteiger partial charge >= 0.3 is 0 Å². The quantitative estimate of drug-likeness (QED) is 0.843. The zero-order valence-corrected chi connectivity index (χ0v) is 8.80. The van der Waals surface area contributed by atoms with Crippen LogP contribution in [-0.4, -0.2) is 5.16 Å². The average Bonchev–Trinajstić information content (AvgIpc) is 2.74. The Bertz CT molecular complexity index is 419. The van der Waals surface area contributed by atoms with E-state index in [1.165, 1.54) is 11.3 Å². The molecule has 0 amide bonds. The second-order valence-corrected chi connectivity index (χ2v) is 4.30. The van der Waals surface area contributed by atoms with Gasteiger partial charge < -0.3 is 10.3 Å². The van der Waals surface area contributed by atoms with Gasteiger partial charge in [0.25, 0.3) is 0 Å². The molecule has 0 aliphatic heterocycles. The Hall–Kier alpha value is -1.29. The van der Waals surface area contributed by atoms with Crippen molar-refractivity contribution in [2.24, 2.45) is 0 Å². The molecule has 2 rings (SSSR count). The highest BCUT2D eigenvalue weighted by molar-refractivity contribution is 7.15. The van der Waals surface area contributed by atoms with Crippen LogP contribution in [0.3, 0.4) is 0 Å². The Kier molecular flexibility index (Phi) is 2.54. The zero-order chi connectivity index (χ0) is 9.97. The Balaban J connectivity index is 2.24. The summed E-state index contributed by atoms with van der Waals surface area (Å²) in [6.45, 7) is 2.17. The highest BCUT2D eigenvalue weighted by atomic mass is 32.1. The fourth-order valence-corrected chi connectivity index (χ4v) is 2.35. The van der Waals surface area contributed by atoms with Crippen molar-refractivity contribution in [2.75, 3.05) is 5.73 Å². The topological polar surface area (TPSA) is 52.0 Å². The summed E-state index contributed by atoms with van der Waals surface area (Å²) >= 11 is 1.73. The smallest absolute Gasteiger partial charge is 0.179 e. The number of rotatable bonds is 3. The molecule has 0 spiro atoms. The van der Waals surface area contributed by atoms with E-state index in [0.717, 1.165) is 17.1 Å². The van der Waals surface area contributed by atoms with Gasteiger partial charge in [-0.15, -0.1) is 11.3 Å². The maximum absolute atomic E-state index is 5.48. The lowest BCUT2D eigenvalue weighted by Gasteiger charge is -1.88. The molecule has 0 aromatic carbocycles. The van der Waals surface area contributed by atoms with E-state index in [4.69, 9.17) is 10.3 Å². The normalized spacial score (nSPS) is 10.6. The monoisotopic (exact) mass is 208 g/mol. The van der Waals surface area contributed by atoms with Gasteiger partial charge in [-0.3, -0.25) is 0 Å². The number of aryl methyl sites for hydroxylation is 1. The summed E-state index contributed by atoms with van der Waals surface area (Å²) < 4.78 is 5.08. The van der Waals surface area contributed by atoms with Crippen LogP contribution in [0.15, 0.2) is 22.7 Å². The number of hydrogen-bond acceptors (Lipinski definition) is 4. The van der Waals surface area contributed by atoms with E-state index in [2.05, 4.69) is 24.2 Å². The molecule has 0 aliphatic rings. The van der Waals surface area contributed by atoms with Crippen LogP contribution >= 0.6 is 11.3 Å². The van der Waals surface area contributed by atoms with E-state index < -0.39 is 0 Å². The molecule has 2 N–H and O–H groups in total. The van der Waals surface area contributed by atoms with Crippen molar-refractivity contribution in [3.05, 3.63) is 23.1 Å². The number of nitrogen functional groups attached to an aromatic ring is 1. The molecule has 0 atom stereocenters. The average molecular weight is 208 g/mol. The van der Waals surface area contributed by atoms with E-state index in [1.54, 1.807) is 17.4 Å². The number of nitrogens with two attached hydrogens (primary N) is 1. The molecule has 0 bridgehead atoms. The summed E-state index contributed by atoms with van der Waals surface area (Å²) in [5, 5.41) is 3.66. The summed E-state index contributed by atoms with van der Waals surface area (Å²) in [5.41, 5.74) is 5.48. The first-order chi connectivity index (χ1) is 6.79. The molecule has 0 fully saturated rings. The number of nitrogens with zero attached hydrogens (tertiary/aromatic N) is 1. The summed E-state index contributed by atoms with van der Waals surface area (Å²) in [7, 11) is 0. The third-order valence-electron chi connectivity index (χ3n) is 1.93. The van der Waals surface area contributed by atoms with Crippen LogP contribution in [0.5, 0.6) is 0 Å². The Morgan fingerprint density at radius 3 is 3.00 bits per heavy atom. The molecule has 0 saturated carbocycles. The molecule has 2 aromatic heterocycles. The Labute approximate surface area is 86.5 Å². The number of anilines is 1. The largest absolute Gasteiger partial charge is 0.381 e. The third-order valence-corrected chi connectivity index (χ3v) is 3.09. The lowest BCUT2D eigenvalue weighted by Crippen LogP contribution is -1.79. The fraction of sp³-hybridized carbons (Fsp3) is 0.300. The molecule has 3 nitrogen and oxygen atoms in total. The van der Waals surface area contributed by atoms with Crippen LogP contribution in [0.25, 0.3) is 10.6 Å². The molecule has 74 valence electrons. The van der Waals surface area contributed by atoms with Gasteiger partial charge in [-0.25, -0.2) is 0 Å². The van der Waals surface area contributed by atoms with Crippen LogP contribution in [0.1, 0.15) is 18.2 Å². The van der Waals surface area contributed by atoms with E-state index in [1.807, 2.05) is 0 Å². The molecular weight excluding hydrogens is 196 g/mol. The molecular formula is C10H12N2OS. The van der Waals surface area contributed by atoms with Crippen molar-refractivity contribution in [3.8, 4) is 10.6 Å². The van der Waals surface area contributed by atoms with Gasteiger partial charge in [0.2, 0.25) is 0 Å². The zero-order valence-electron chi connectivity index (χ0n) is 7.99. The minimum atomic E-state index is 0.436. The summed E-state index contributed by atoms with van der Waals surface area (Å²) in [5.74, 6) is 1.19. The maximum atomic E-state index is 5.48. The first-order valence-corrected chi connectivity index (χ1v) is 5.42. The van der Waals surface area contributed by atoms with Gasteiger partial charge in [0.05, 0.1) is 4.88 Å². The van der Waals surface area contributed by atoms with Gasteiger partial charge in [0.15, 0.2) is 11.6 Å². The number of hydrogen-bond donors (Lipinski definition) is 1. The van der Waals surface area contributed by atoms with Crippen molar-refractivity contribution < 1.29 is 4.52 Å². The van der Waals surface area contributed by atoms with E-state index in [0.29, 0.717) is 5.82 Å². The molecule has 0 aliphatic carbocycles. The van der Waals surface area contributed by atoms with Gasteiger partial charge in [-0.05, 0) is 18.6 Å². The van der Waals surface area contributed by atoms with Gasteiger partial charge in [-0.1, -0.05) is 18.5 Å².